The number of hydrogen-bond donors (Lipinski definition) is 2. The molecule has 21 heavy (non-hydrogen) atoms. The molecular weight excluding hydrogens is 341 g/mol. The van der Waals surface area contributed by atoms with Crippen molar-refractivity contribution in [1.82, 2.24) is 10.0 Å². The predicted octanol–water partition coefficient (Wildman–Crippen LogP) is 1.70. The summed E-state index contributed by atoms with van der Waals surface area (Å²) in [5.41, 5.74) is -0.520. The molecule has 0 aliphatic carbocycles. The van der Waals surface area contributed by atoms with Crippen molar-refractivity contribution in [3.63, 3.8) is 0 Å². The molecule has 1 fully saturated rings. The van der Waals surface area contributed by atoms with Gasteiger partial charge in [-0.3, -0.25) is 10.1 Å². The summed E-state index contributed by atoms with van der Waals surface area (Å²) < 4.78 is 27.0. The number of hydrogen-bond acceptors (Lipinski definition) is 5. The van der Waals surface area contributed by atoms with Crippen LogP contribution in [0.1, 0.15) is 12.8 Å². The molecule has 7 nitrogen and oxygen atoms in total. The van der Waals surface area contributed by atoms with Crippen molar-refractivity contribution >= 4 is 39.7 Å². The summed E-state index contributed by atoms with van der Waals surface area (Å²) in [6.07, 6.45) is 1.56. The fourth-order valence-electron chi connectivity index (χ4n) is 2.10. The Labute approximate surface area is 133 Å². The molecule has 2 rings (SSSR count). The van der Waals surface area contributed by atoms with E-state index in [-0.39, 0.29) is 28.4 Å². The summed E-state index contributed by atoms with van der Waals surface area (Å²) in [6, 6.07) is 3.25. The second kappa shape index (κ2) is 7.37. The van der Waals surface area contributed by atoms with E-state index in [2.05, 4.69) is 10.0 Å². The lowest BCUT2D eigenvalue weighted by atomic mass is 10.1. The van der Waals surface area contributed by atoms with E-state index in [0.29, 0.717) is 13.0 Å². The molecule has 0 radical (unpaired) electrons. The highest BCUT2D eigenvalue weighted by Gasteiger charge is 2.28. The van der Waals surface area contributed by atoms with Gasteiger partial charge in [-0.1, -0.05) is 11.6 Å². The second-order valence-corrected chi connectivity index (χ2v) is 6.65. The maximum absolute atomic E-state index is 12.3. The van der Waals surface area contributed by atoms with Crippen LogP contribution in [0.2, 0.25) is 5.02 Å². The fraction of sp³-hybridized carbons (Fsp3) is 0.455. The lowest BCUT2D eigenvalue weighted by Crippen LogP contribution is -2.45. The number of halogens is 2. The van der Waals surface area contributed by atoms with Gasteiger partial charge in [0.1, 0.15) is 0 Å². The summed E-state index contributed by atoms with van der Waals surface area (Å²) in [5, 5.41) is 14.1. The quantitative estimate of drug-likeness (QED) is 0.632. The van der Waals surface area contributed by atoms with E-state index in [1.165, 1.54) is 6.07 Å². The lowest BCUT2D eigenvalue weighted by Gasteiger charge is -2.23. The molecule has 2 N–H and O–H groups in total. The van der Waals surface area contributed by atoms with Crippen LogP contribution in [0.5, 0.6) is 0 Å². The minimum absolute atomic E-state index is 0. The van der Waals surface area contributed by atoms with Gasteiger partial charge >= 0.3 is 0 Å². The molecule has 0 bridgehead atoms. The van der Waals surface area contributed by atoms with Gasteiger partial charge in [-0.2, -0.15) is 0 Å². The summed E-state index contributed by atoms with van der Waals surface area (Å²) in [4.78, 5) is 9.84. The highest BCUT2D eigenvalue weighted by molar-refractivity contribution is 7.89. The molecule has 1 atom stereocenters. The SMILES string of the molecule is Cl.O=[N+]([O-])c1cc(Cl)ccc1S(=O)(=O)N[C@H]1CCCNC1. The van der Waals surface area contributed by atoms with Crippen molar-refractivity contribution in [2.24, 2.45) is 0 Å². The van der Waals surface area contributed by atoms with E-state index < -0.39 is 20.6 Å². The number of sulfonamides is 1. The highest BCUT2D eigenvalue weighted by atomic mass is 35.5. The zero-order valence-corrected chi connectivity index (χ0v) is 13.3. The van der Waals surface area contributed by atoms with Gasteiger partial charge in [0, 0.05) is 23.7 Å². The zero-order chi connectivity index (χ0) is 14.8. The minimum atomic E-state index is -3.94. The molecule has 0 unspecified atom stereocenters. The number of nitro groups is 1. The molecule has 0 saturated carbocycles. The molecule has 118 valence electrons. The molecule has 1 aliphatic rings. The Morgan fingerprint density at radius 1 is 1.43 bits per heavy atom. The van der Waals surface area contributed by atoms with Crippen molar-refractivity contribution < 1.29 is 13.3 Å². The summed E-state index contributed by atoms with van der Waals surface area (Å²) in [5.74, 6) is 0. The van der Waals surface area contributed by atoms with E-state index in [9.17, 15) is 18.5 Å². The second-order valence-electron chi connectivity index (χ2n) is 4.53. The third-order valence-electron chi connectivity index (χ3n) is 3.03. The molecule has 0 aromatic heterocycles. The average molecular weight is 356 g/mol. The van der Waals surface area contributed by atoms with Crippen LogP contribution in [0.25, 0.3) is 0 Å². The molecule has 1 heterocycles. The number of nitrogens with one attached hydrogen (secondary N) is 2. The molecular formula is C11H15Cl2N3O4S. The Balaban J connectivity index is 0.00000220. The normalized spacial score (nSPS) is 18.8. The topological polar surface area (TPSA) is 101 Å². The third-order valence-corrected chi connectivity index (χ3v) is 4.83. The lowest BCUT2D eigenvalue weighted by molar-refractivity contribution is -0.387. The van der Waals surface area contributed by atoms with Crippen molar-refractivity contribution in [3.8, 4) is 0 Å². The third kappa shape index (κ3) is 4.52. The monoisotopic (exact) mass is 355 g/mol. The largest absolute Gasteiger partial charge is 0.315 e. The van der Waals surface area contributed by atoms with Gasteiger partial charge in [-0.15, -0.1) is 12.4 Å². The smallest absolute Gasteiger partial charge is 0.290 e. The Kier molecular flexibility index (Phi) is 6.36. The molecule has 1 saturated heterocycles. The Bertz CT molecular complexity index is 618. The predicted molar refractivity (Wildman–Crippen MR) is 81.6 cm³/mol. The van der Waals surface area contributed by atoms with Crippen molar-refractivity contribution in [1.29, 1.82) is 0 Å². The van der Waals surface area contributed by atoms with E-state index >= 15 is 0 Å². The molecule has 1 aromatic rings. The van der Waals surface area contributed by atoms with Crippen LogP contribution < -0.4 is 10.0 Å². The molecule has 1 aromatic carbocycles. The first-order valence-corrected chi connectivity index (χ1v) is 7.93. The standard InChI is InChI=1S/C11H14ClN3O4S.ClH/c12-8-3-4-11(10(6-8)15(16)17)20(18,19)14-9-2-1-5-13-7-9;/h3-4,6,9,13-14H,1-2,5,7H2;1H/t9-;/m0./s1. The summed E-state index contributed by atoms with van der Waals surface area (Å²) in [6.45, 7) is 1.36. The van der Waals surface area contributed by atoms with Crippen LogP contribution in [0.15, 0.2) is 23.1 Å². The number of piperidine rings is 1. The van der Waals surface area contributed by atoms with Gasteiger partial charge < -0.3 is 5.32 Å². The van der Waals surface area contributed by atoms with Crippen LogP contribution in [0.4, 0.5) is 5.69 Å². The van der Waals surface area contributed by atoms with E-state index in [4.69, 9.17) is 11.6 Å². The molecule has 10 heteroatoms. The number of benzene rings is 1. The Morgan fingerprint density at radius 2 is 2.14 bits per heavy atom. The van der Waals surface area contributed by atoms with Gasteiger partial charge in [-0.05, 0) is 31.5 Å². The maximum atomic E-state index is 12.3. The van der Waals surface area contributed by atoms with E-state index in [0.717, 1.165) is 25.1 Å². The van der Waals surface area contributed by atoms with Gasteiger partial charge in [0.2, 0.25) is 10.0 Å². The molecule has 0 amide bonds. The Morgan fingerprint density at radius 3 is 2.71 bits per heavy atom. The minimum Gasteiger partial charge on any atom is -0.315 e. The number of nitrogens with zero attached hydrogens (tertiary/aromatic N) is 1. The van der Waals surface area contributed by atoms with Crippen LogP contribution in [-0.4, -0.2) is 32.5 Å². The van der Waals surface area contributed by atoms with E-state index in [1.54, 1.807) is 0 Å². The van der Waals surface area contributed by atoms with Crippen LogP contribution in [-0.2, 0) is 10.0 Å². The maximum Gasteiger partial charge on any atom is 0.290 e. The molecule has 1 aliphatic heterocycles. The van der Waals surface area contributed by atoms with Crippen molar-refractivity contribution in [3.05, 3.63) is 33.3 Å². The van der Waals surface area contributed by atoms with Crippen molar-refractivity contribution in [2.75, 3.05) is 13.1 Å². The summed E-state index contributed by atoms with van der Waals surface area (Å²) >= 11 is 5.67. The highest BCUT2D eigenvalue weighted by Crippen LogP contribution is 2.27. The van der Waals surface area contributed by atoms with Gasteiger partial charge in [0.25, 0.3) is 5.69 Å². The van der Waals surface area contributed by atoms with Crippen LogP contribution >= 0.6 is 24.0 Å². The first kappa shape index (κ1) is 18.1. The van der Waals surface area contributed by atoms with E-state index in [1.807, 2.05) is 0 Å². The van der Waals surface area contributed by atoms with Gasteiger partial charge in [-0.25, -0.2) is 13.1 Å². The Hall–Kier alpha value is -0.930. The number of nitro benzene ring substituents is 1. The van der Waals surface area contributed by atoms with Crippen LogP contribution in [0, 0.1) is 10.1 Å². The van der Waals surface area contributed by atoms with Gasteiger partial charge in [0.05, 0.1) is 4.92 Å². The van der Waals surface area contributed by atoms with Crippen LogP contribution in [0.3, 0.4) is 0 Å². The number of rotatable bonds is 4. The average Bonchev–Trinajstić information content (AvgIpc) is 2.38. The summed E-state index contributed by atoms with van der Waals surface area (Å²) in [7, 11) is -3.94. The zero-order valence-electron chi connectivity index (χ0n) is 10.9. The van der Waals surface area contributed by atoms with Gasteiger partial charge in [0.15, 0.2) is 4.90 Å². The fourth-order valence-corrected chi connectivity index (χ4v) is 3.69. The first-order chi connectivity index (χ1) is 9.40. The molecule has 0 spiro atoms. The van der Waals surface area contributed by atoms with Crippen molar-refractivity contribution in [2.45, 2.75) is 23.8 Å². The first-order valence-electron chi connectivity index (χ1n) is 6.07.